The Morgan fingerprint density at radius 1 is 1.55 bits per heavy atom. The van der Waals surface area contributed by atoms with Crippen LogP contribution in [-0.2, 0) is 9.53 Å². The molecular weight excluding hydrogens is 278 g/mol. The Kier molecular flexibility index (Phi) is 5.61. The second-order valence-electron chi connectivity index (χ2n) is 5.88. The molecule has 0 aliphatic carbocycles. The maximum Gasteiger partial charge on any atom is 0.250 e. The van der Waals surface area contributed by atoms with E-state index in [0.29, 0.717) is 12.5 Å². The summed E-state index contributed by atoms with van der Waals surface area (Å²) in [6.07, 6.45) is 3.61. The summed E-state index contributed by atoms with van der Waals surface area (Å²) >= 11 is 0. The predicted molar refractivity (Wildman–Crippen MR) is 88.4 cm³/mol. The summed E-state index contributed by atoms with van der Waals surface area (Å²) in [5, 5.41) is 0. The van der Waals surface area contributed by atoms with Crippen LogP contribution in [0.3, 0.4) is 0 Å². The number of aryl methyl sites for hydroxylation is 1. The summed E-state index contributed by atoms with van der Waals surface area (Å²) in [5.41, 5.74) is 1.94. The Balaban J connectivity index is 2.22. The van der Waals surface area contributed by atoms with Crippen molar-refractivity contribution in [3.05, 3.63) is 36.4 Å². The van der Waals surface area contributed by atoms with Gasteiger partial charge >= 0.3 is 0 Å². The smallest absolute Gasteiger partial charge is 0.250 e. The van der Waals surface area contributed by atoms with Gasteiger partial charge in [-0.3, -0.25) is 4.79 Å². The summed E-state index contributed by atoms with van der Waals surface area (Å²) in [6, 6.07) is 5.78. The summed E-state index contributed by atoms with van der Waals surface area (Å²) in [7, 11) is 1.64. The molecule has 1 aliphatic rings. The van der Waals surface area contributed by atoms with E-state index in [2.05, 4.69) is 13.5 Å². The first-order chi connectivity index (χ1) is 10.5. The Hall–Kier alpha value is -1.81. The SMILES string of the molecule is C=CC(=O)N(CC1CCOC(C)C1)c1ccc(OC)cc1C. The van der Waals surface area contributed by atoms with Crippen LogP contribution in [0.4, 0.5) is 5.69 Å². The lowest BCUT2D eigenvalue weighted by Crippen LogP contribution is -2.38. The van der Waals surface area contributed by atoms with Crippen molar-refractivity contribution in [1.82, 2.24) is 0 Å². The van der Waals surface area contributed by atoms with Crippen molar-refractivity contribution in [3.63, 3.8) is 0 Å². The second kappa shape index (κ2) is 7.45. The third-order valence-electron chi connectivity index (χ3n) is 4.17. The first kappa shape index (κ1) is 16.6. The third kappa shape index (κ3) is 3.89. The number of hydrogen-bond acceptors (Lipinski definition) is 3. The number of rotatable bonds is 5. The summed E-state index contributed by atoms with van der Waals surface area (Å²) in [5.74, 6) is 1.19. The van der Waals surface area contributed by atoms with Crippen LogP contribution in [0.15, 0.2) is 30.9 Å². The summed E-state index contributed by atoms with van der Waals surface area (Å²) in [6.45, 7) is 9.19. The van der Waals surface area contributed by atoms with Gasteiger partial charge in [0.25, 0.3) is 0 Å². The number of hydrogen-bond donors (Lipinski definition) is 0. The van der Waals surface area contributed by atoms with Gasteiger partial charge < -0.3 is 14.4 Å². The van der Waals surface area contributed by atoms with Gasteiger partial charge in [0.1, 0.15) is 5.75 Å². The van der Waals surface area contributed by atoms with E-state index in [9.17, 15) is 4.79 Å². The van der Waals surface area contributed by atoms with Gasteiger partial charge in [0.05, 0.1) is 13.2 Å². The molecule has 1 fully saturated rings. The lowest BCUT2D eigenvalue weighted by Gasteiger charge is -2.32. The molecule has 0 aromatic heterocycles. The molecule has 1 aliphatic heterocycles. The molecule has 1 saturated heterocycles. The van der Waals surface area contributed by atoms with Crippen LogP contribution in [-0.4, -0.2) is 32.3 Å². The van der Waals surface area contributed by atoms with Crippen molar-refractivity contribution in [2.24, 2.45) is 5.92 Å². The highest BCUT2D eigenvalue weighted by Crippen LogP contribution is 2.28. The van der Waals surface area contributed by atoms with Crippen molar-refractivity contribution >= 4 is 11.6 Å². The van der Waals surface area contributed by atoms with E-state index < -0.39 is 0 Å². The Morgan fingerprint density at radius 2 is 2.32 bits per heavy atom. The zero-order valence-corrected chi connectivity index (χ0v) is 13.7. The molecule has 4 nitrogen and oxygen atoms in total. The minimum Gasteiger partial charge on any atom is -0.497 e. The number of benzene rings is 1. The van der Waals surface area contributed by atoms with Gasteiger partial charge in [0, 0.05) is 18.8 Å². The molecule has 0 radical (unpaired) electrons. The van der Waals surface area contributed by atoms with E-state index in [-0.39, 0.29) is 12.0 Å². The van der Waals surface area contributed by atoms with Gasteiger partial charge in [-0.05, 0) is 62.4 Å². The molecule has 120 valence electrons. The maximum absolute atomic E-state index is 12.3. The van der Waals surface area contributed by atoms with Crippen molar-refractivity contribution in [3.8, 4) is 5.75 Å². The van der Waals surface area contributed by atoms with E-state index in [1.165, 1.54) is 6.08 Å². The van der Waals surface area contributed by atoms with E-state index in [1.54, 1.807) is 7.11 Å². The van der Waals surface area contributed by atoms with E-state index in [1.807, 2.05) is 30.0 Å². The fourth-order valence-electron chi connectivity index (χ4n) is 2.99. The van der Waals surface area contributed by atoms with Gasteiger partial charge in [-0.15, -0.1) is 0 Å². The highest BCUT2D eigenvalue weighted by Gasteiger charge is 2.25. The fourth-order valence-corrected chi connectivity index (χ4v) is 2.99. The van der Waals surface area contributed by atoms with Crippen LogP contribution in [0.1, 0.15) is 25.3 Å². The quantitative estimate of drug-likeness (QED) is 0.783. The van der Waals surface area contributed by atoms with Crippen molar-refractivity contribution in [2.75, 3.05) is 25.2 Å². The molecule has 22 heavy (non-hydrogen) atoms. The lowest BCUT2D eigenvalue weighted by atomic mass is 9.95. The van der Waals surface area contributed by atoms with E-state index >= 15 is 0 Å². The highest BCUT2D eigenvalue weighted by atomic mass is 16.5. The van der Waals surface area contributed by atoms with Crippen LogP contribution < -0.4 is 9.64 Å². The molecule has 1 amide bonds. The molecule has 2 atom stereocenters. The Bertz CT molecular complexity index is 541. The number of methoxy groups -OCH3 is 1. The van der Waals surface area contributed by atoms with E-state index in [0.717, 1.165) is 36.4 Å². The zero-order chi connectivity index (χ0) is 16.1. The molecule has 4 heteroatoms. The Labute approximate surface area is 132 Å². The lowest BCUT2D eigenvalue weighted by molar-refractivity contribution is -0.114. The Morgan fingerprint density at radius 3 is 2.91 bits per heavy atom. The van der Waals surface area contributed by atoms with Gasteiger partial charge in [0.2, 0.25) is 5.91 Å². The monoisotopic (exact) mass is 303 g/mol. The summed E-state index contributed by atoms with van der Waals surface area (Å²) < 4.78 is 10.8. The van der Waals surface area contributed by atoms with Crippen molar-refractivity contribution in [1.29, 1.82) is 0 Å². The molecular formula is C18H25NO3. The van der Waals surface area contributed by atoms with Gasteiger partial charge in [-0.25, -0.2) is 0 Å². The van der Waals surface area contributed by atoms with E-state index in [4.69, 9.17) is 9.47 Å². The van der Waals surface area contributed by atoms with Crippen molar-refractivity contribution < 1.29 is 14.3 Å². The van der Waals surface area contributed by atoms with Crippen LogP contribution in [0.2, 0.25) is 0 Å². The van der Waals surface area contributed by atoms with Crippen LogP contribution in [0.25, 0.3) is 0 Å². The first-order valence-electron chi connectivity index (χ1n) is 7.75. The maximum atomic E-state index is 12.3. The molecule has 1 aromatic carbocycles. The summed E-state index contributed by atoms with van der Waals surface area (Å²) in [4.78, 5) is 14.1. The number of carbonyl (C=O) groups excluding carboxylic acids is 1. The second-order valence-corrected chi connectivity index (χ2v) is 5.88. The van der Waals surface area contributed by atoms with Crippen molar-refractivity contribution in [2.45, 2.75) is 32.8 Å². The average molecular weight is 303 g/mol. The van der Waals surface area contributed by atoms with Crippen LogP contribution in [0.5, 0.6) is 5.75 Å². The predicted octanol–water partition coefficient (Wildman–Crippen LogP) is 3.34. The molecule has 2 unspecified atom stereocenters. The van der Waals surface area contributed by atoms with Gasteiger partial charge in [-0.2, -0.15) is 0 Å². The fraction of sp³-hybridized carbons (Fsp3) is 0.500. The molecule has 2 rings (SSSR count). The molecule has 0 bridgehead atoms. The van der Waals surface area contributed by atoms with Crippen LogP contribution >= 0.6 is 0 Å². The topological polar surface area (TPSA) is 38.8 Å². The molecule has 1 heterocycles. The standard InChI is InChI=1S/C18H25NO3/c1-5-18(20)19(12-15-8-9-22-14(3)11-15)17-7-6-16(21-4)10-13(17)2/h5-7,10,14-15H,1,8-9,11-12H2,2-4H3. The molecule has 0 N–H and O–H groups in total. The minimum atomic E-state index is -0.0626. The third-order valence-corrected chi connectivity index (χ3v) is 4.17. The van der Waals surface area contributed by atoms with Gasteiger partial charge in [0.15, 0.2) is 0 Å². The number of ether oxygens (including phenoxy) is 2. The minimum absolute atomic E-state index is 0.0626. The normalized spacial score (nSPS) is 21.2. The number of carbonyl (C=O) groups is 1. The largest absolute Gasteiger partial charge is 0.497 e. The first-order valence-corrected chi connectivity index (χ1v) is 7.75. The average Bonchev–Trinajstić information content (AvgIpc) is 2.52. The number of anilines is 1. The molecule has 0 saturated carbocycles. The van der Waals surface area contributed by atoms with Crippen LogP contribution in [0, 0.1) is 12.8 Å². The molecule has 1 aromatic rings. The molecule has 0 spiro atoms. The number of amides is 1. The highest BCUT2D eigenvalue weighted by molar-refractivity contribution is 6.01. The zero-order valence-electron chi connectivity index (χ0n) is 13.7. The number of nitrogens with zero attached hydrogens (tertiary/aromatic N) is 1. The van der Waals surface area contributed by atoms with Gasteiger partial charge in [-0.1, -0.05) is 6.58 Å².